The number of rotatable bonds is 22. The molecule has 0 unspecified atom stereocenters. The van der Waals surface area contributed by atoms with Gasteiger partial charge in [0, 0.05) is 54.0 Å². The monoisotopic (exact) mass is 1180 g/mol. The molecule has 4 aromatic heterocycles. The lowest BCUT2D eigenvalue weighted by Gasteiger charge is -2.33. The number of aliphatic hydroxyl groups is 2. The van der Waals surface area contributed by atoms with E-state index >= 15 is 0 Å². The Morgan fingerprint density at radius 2 is 0.912 bits per heavy atom. The van der Waals surface area contributed by atoms with Crippen LogP contribution in [0.15, 0.2) is 73.3 Å². The molecule has 0 amide bonds. The van der Waals surface area contributed by atoms with E-state index in [1.54, 1.807) is 47.8 Å². The summed E-state index contributed by atoms with van der Waals surface area (Å²) in [7, 11) is -11.6. The third-order valence-corrected chi connectivity index (χ3v) is 21.3. The van der Waals surface area contributed by atoms with Crippen LogP contribution in [0.3, 0.4) is 0 Å². The van der Waals surface area contributed by atoms with Crippen LogP contribution in [-0.2, 0) is 29.5 Å². The van der Waals surface area contributed by atoms with Crippen LogP contribution in [-0.4, -0.2) is 155 Å². The van der Waals surface area contributed by atoms with Gasteiger partial charge in [-0.25, -0.2) is 45.4 Å². The van der Waals surface area contributed by atoms with Crippen molar-refractivity contribution in [1.82, 2.24) is 49.5 Å². The third-order valence-electron chi connectivity index (χ3n) is 13.6. The Morgan fingerprint density at radius 1 is 0.575 bits per heavy atom. The molecular weight excluding hydrogens is 1100 g/mol. The van der Waals surface area contributed by atoms with Gasteiger partial charge in [-0.15, -0.1) is 20.4 Å². The van der Waals surface area contributed by atoms with Gasteiger partial charge in [0.2, 0.25) is 31.9 Å². The second-order valence-electron chi connectivity index (χ2n) is 23.4. The van der Waals surface area contributed by atoms with Crippen molar-refractivity contribution >= 4 is 48.1 Å². The molecule has 0 aliphatic carbocycles. The molecule has 0 radical (unpaired) electrons. The molecule has 0 saturated heterocycles. The molecule has 2 N–H and O–H groups in total. The molecule has 80 heavy (non-hydrogen) atoms. The first-order valence-electron chi connectivity index (χ1n) is 27.1. The van der Waals surface area contributed by atoms with Crippen LogP contribution in [0.25, 0.3) is 22.8 Å². The highest BCUT2D eigenvalue weighted by Gasteiger charge is 2.44. The minimum Gasteiger partial charge on any atom is -0.491 e. The van der Waals surface area contributed by atoms with Gasteiger partial charge in [0.1, 0.15) is 47.4 Å². The Morgan fingerprint density at radius 3 is 1.23 bits per heavy atom. The van der Waals surface area contributed by atoms with E-state index in [0.717, 1.165) is 11.1 Å². The molecule has 26 heteroatoms. The number of aliphatic hydroxyl groups excluding tert-OH is 2. The first kappa shape index (κ1) is 61.9. The highest BCUT2D eigenvalue weighted by atomic mass is 32.2. The summed E-state index contributed by atoms with van der Waals surface area (Å²) in [4.78, 5) is 17.6. The average Bonchev–Trinajstić information content (AvgIpc) is 3.93. The molecule has 436 valence electrons. The number of aryl methyl sites for hydroxylation is 2. The molecule has 2 aromatic carbocycles. The molecule has 8 rings (SSSR count). The minimum absolute atomic E-state index is 0.138. The van der Waals surface area contributed by atoms with E-state index in [2.05, 4.69) is 79.6 Å². The lowest BCUT2D eigenvalue weighted by Crippen LogP contribution is -2.45. The standard InChI is InChI=1S/2C27H40N6O5SSi/c2*1-18(2)38-24(25-28-14-19(3)15-29-25)20(4)39(35,36)32(12-13-40(5,6)7)27-31-30-26-22-10-8-9-11-23(22)37-17-21(16-34)33(26)27/h2*8-11,14-15,18,20-21,24,34H,12-13,16-17H2,1-7H3/t20-,21+,24+;20-,21-,24+/m00/s1. The highest BCUT2D eigenvalue weighted by molar-refractivity contribution is 7.93. The van der Waals surface area contributed by atoms with Gasteiger partial charge in [-0.05, 0) is 103 Å². The number of ether oxygens (including phenoxy) is 4. The summed E-state index contributed by atoms with van der Waals surface area (Å²) in [6.45, 7) is 27.7. The van der Waals surface area contributed by atoms with Crippen LogP contribution >= 0.6 is 0 Å². The van der Waals surface area contributed by atoms with E-state index in [9.17, 15) is 27.0 Å². The Labute approximate surface area is 473 Å². The lowest BCUT2D eigenvalue weighted by molar-refractivity contribution is 0.00119. The molecule has 2 aliphatic rings. The number of aromatic nitrogens is 10. The quantitative estimate of drug-likeness (QED) is 0.0610. The zero-order chi connectivity index (χ0) is 58.5. The topological polar surface area (TPSA) is 265 Å². The van der Waals surface area contributed by atoms with Crippen molar-refractivity contribution < 1.29 is 46.0 Å². The van der Waals surface area contributed by atoms with Crippen molar-refractivity contribution in [1.29, 1.82) is 0 Å². The molecule has 6 heterocycles. The van der Waals surface area contributed by atoms with Crippen molar-refractivity contribution in [2.75, 3.05) is 48.1 Å². The van der Waals surface area contributed by atoms with Crippen LogP contribution in [0, 0.1) is 13.8 Å². The number of sulfonamides is 2. The minimum atomic E-state index is -4.10. The van der Waals surface area contributed by atoms with E-state index in [4.69, 9.17) is 18.9 Å². The van der Waals surface area contributed by atoms with E-state index in [-0.39, 0.29) is 63.6 Å². The van der Waals surface area contributed by atoms with Crippen LogP contribution < -0.4 is 18.1 Å². The van der Waals surface area contributed by atoms with Gasteiger partial charge in [0.15, 0.2) is 23.3 Å². The predicted octanol–water partition coefficient (Wildman–Crippen LogP) is 8.00. The molecule has 0 saturated carbocycles. The summed E-state index contributed by atoms with van der Waals surface area (Å²) >= 11 is 0. The Hall–Kier alpha value is -5.75. The van der Waals surface area contributed by atoms with E-state index in [1.807, 2.05) is 90.1 Å². The third kappa shape index (κ3) is 14.3. The van der Waals surface area contributed by atoms with Gasteiger partial charge in [0.25, 0.3) is 0 Å². The van der Waals surface area contributed by atoms with Crippen LogP contribution in [0.2, 0.25) is 51.4 Å². The van der Waals surface area contributed by atoms with Crippen LogP contribution in [0.1, 0.15) is 88.6 Å². The average molecular weight is 1180 g/mol. The molecule has 6 aromatic rings. The van der Waals surface area contributed by atoms with Crippen molar-refractivity contribution in [2.45, 2.75) is 154 Å². The second kappa shape index (κ2) is 25.6. The van der Waals surface area contributed by atoms with Crippen molar-refractivity contribution in [2.24, 2.45) is 0 Å². The molecule has 0 fully saturated rings. The number of anilines is 2. The summed E-state index contributed by atoms with van der Waals surface area (Å²) < 4.78 is 88.5. The van der Waals surface area contributed by atoms with Gasteiger partial charge >= 0.3 is 0 Å². The maximum absolute atomic E-state index is 14.6. The van der Waals surface area contributed by atoms with Crippen LogP contribution in [0.5, 0.6) is 11.5 Å². The Kier molecular flexibility index (Phi) is 19.8. The number of hydrogen-bond donors (Lipinski definition) is 2. The predicted molar refractivity (Wildman–Crippen MR) is 313 cm³/mol. The fourth-order valence-electron chi connectivity index (χ4n) is 9.01. The lowest BCUT2D eigenvalue weighted by atomic mass is 10.2. The van der Waals surface area contributed by atoms with Gasteiger partial charge in [-0.3, -0.25) is 9.13 Å². The Balaban J connectivity index is 0.000000231. The molecule has 0 spiro atoms. The normalized spacial score (nSPS) is 17.0. The van der Waals surface area contributed by atoms with Gasteiger partial charge in [-0.2, -0.15) is 0 Å². The van der Waals surface area contributed by atoms with E-state index < -0.39 is 71.0 Å². The summed E-state index contributed by atoms with van der Waals surface area (Å²) in [5, 5.41) is 36.3. The first-order chi connectivity index (χ1) is 37.7. The van der Waals surface area contributed by atoms with Gasteiger partial charge < -0.3 is 29.2 Å². The highest BCUT2D eigenvalue weighted by Crippen LogP contribution is 2.41. The van der Waals surface area contributed by atoms with Gasteiger partial charge in [0.05, 0.1) is 48.6 Å². The number of nitrogens with zero attached hydrogens (tertiary/aromatic N) is 12. The van der Waals surface area contributed by atoms with Crippen LogP contribution in [0.4, 0.5) is 11.9 Å². The molecule has 22 nitrogen and oxygen atoms in total. The van der Waals surface area contributed by atoms with E-state index in [1.165, 1.54) is 8.61 Å². The summed E-state index contributed by atoms with van der Waals surface area (Å²) in [6.07, 6.45) is 4.27. The summed E-state index contributed by atoms with van der Waals surface area (Å²) in [6, 6.07) is 15.0. The maximum atomic E-state index is 14.6. The zero-order valence-corrected chi connectivity index (χ0v) is 52.2. The summed E-state index contributed by atoms with van der Waals surface area (Å²) in [5.74, 6) is 2.99. The van der Waals surface area contributed by atoms with Crippen molar-refractivity contribution in [3.05, 3.63) is 96.1 Å². The first-order valence-corrected chi connectivity index (χ1v) is 37.6. The number of fused-ring (bicyclic) bond motifs is 6. The number of para-hydroxylation sites is 2. The van der Waals surface area contributed by atoms with Crippen molar-refractivity contribution in [3.63, 3.8) is 0 Å². The fourth-order valence-corrected chi connectivity index (χ4v) is 14.3. The number of hydrogen-bond acceptors (Lipinski definition) is 18. The zero-order valence-electron chi connectivity index (χ0n) is 48.5. The fraction of sp³-hybridized carbons (Fsp3) is 0.556. The molecule has 0 bridgehead atoms. The maximum Gasteiger partial charge on any atom is 0.243 e. The largest absolute Gasteiger partial charge is 0.491 e. The Bertz CT molecular complexity index is 3030. The van der Waals surface area contributed by atoms with Gasteiger partial charge in [-0.1, -0.05) is 63.5 Å². The van der Waals surface area contributed by atoms with E-state index in [0.29, 0.717) is 58.0 Å². The summed E-state index contributed by atoms with van der Waals surface area (Å²) in [5.41, 5.74) is 3.09. The SMILES string of the molecule is Cc1cnc([C@H](OC(C)C)[C@H](C)S(=O)(=O)N(CC[Si](C)(C)C)c2nnc3n2[C@@H](CO)COc2ccccc2-3)nc1.Cc1cnc([C@H](OC(C)C)[C@H](C)S(=O)(=O)N(CC[Si](C)(C)C)c2nnc3n2[C@H](CO)COc2ccccc2-3)nc1. The smallest absolute Gasteiger partial charge is 0.243 e. The number of benzene rings is 2. The molecular formula is C54H80N12O10S2Si2. The second-order valence-corrected chi connectivity index (χ2v) is 39.1. The molecule has 6 atom stereocenters. The van der Waals surface area contributed by atoms with Crippen molar-refractivity contribution in [3.8, 4) is 34.3 Å². The molecule has 2 aliphatic heterocycles.